The Morgan fingerprint density at radius 2 is 1.94 bits per heavy atom. The van der Waals surface area contributed by atoms with Crippen LogP contribution in [0.3, 0.4) is 0 Å². The highest BCUT2D eigenvalue weighted by Gasteiger charge is 2.23. The summed E-state index contributed by atoms with van der Waals surface area (Å²) < 4.78 is 10.9. The Labute approximate surface area is 206 Å². The molecule has 5 rings (SSSR count). The van der Waals surface area contributed by atoms with Crippen LogP contribution in [-0.2, 0) is 4.74 Å². The third-order valence-corrected chi connectivity index (χ3v) is 7.31. The number of carbonyl (C=O) groups excluding carboxylic acids is 1. The Hall–Kier alpha value is -3.13. The Balaban J connectivity index is 1.60. The summed E-state index contributed by atoms with van der Waals surface area (Å²) in [5.74, 6) is 0.559. The first-order valence-electron chi connectivity index (χ1n) is 11.1. The van der Waals surface area contributed by atoms with E-state index in [-0.39, 0.29) is 12.0 Å². The average Bonchev–Trinajstić information content (AvgIpc) is 3.50. The number of hydrogen-bond acceptors (Lipinski definition) is 6. The van der Waals surface area contributed by atoms with Crippen LogP contribution in [0.5, 0.6) is 5.75 Å². The third-order valence-electron chi connectivity index (χ3n) is 5.96. The van der Waals surface area contributed by atoms with Crippen LogP contribution >= 0.6 is 22.9 Å². The Bertz CT molecular complexity index is 1330. The van der Waals surface area contributed by atoms with Crippen LogP contribution in [0.2, 0.25) is 5.02 Å². The molecule has 1 aliphatic rings. The molecule has 4 aromatic rings. The van der Waals surface area contributed by atoms with E-state index >= 15 is 0 Å². The van der Waals surface area contributed by atoms with E-state index in [1.165, 1.54) is 11.3 Å². The molecule has 34 heavy (non-hydrogen) atoms. The number of nitrogens with two attached hydrogens (primary N) is 1. The molecule has 2 aromatic heterocycles. The van der Waals surface area contributed by atoms with Gasteiger partial charge in [0.2, 0.25) is 0 Å². The molecule has 0 radical (unpaired) electrons. The predicted octanol–water partition coefficient (Wildman–Crippen LogP) is 5.78. The topological polar surface area (TPSA) is 86.5 Å². The van der Waals surface area contributed by atoms with Crippen LogP contribution in [-0.4, -0.2) is 37.3 Å². The number of nitrogens with one attached hydrogen (secondary N) is 1. The first-order valence-corrected chi connectivity index (χ1v) is 12.3. The maximum Gasteiger partial charge on any atom is 0.263 e. The molecule has 3 N–H and O–H groups in total. The molecule has 1 fully saturated rings. The molecule has 1 aliphatic heterocycles. The second kappa shape index (κ2) is 9.62. The number of nitrogens with zero attached hydrogens (tertiary/aromatic N) is 1. The van der Waals surface area contributed by atoms with Crippen LogP contribution in [0, 0.1) is 0 Å². The number of carbonyl (C=O) groups is 1. The van der Waals surface area contributed by atoms with Gasteiger partial charge < -0.3 is 20.5 Å². The highest BCUT2D eigenvalue weighted by atomic mass is 35.5. The fourth-order valence-electron chi connectivity index (χ4n) is 4.15. The zero-order valence-corrected chi connectivity index (χ0v) is 20.2. The first kappa shape index (κ1) is 22.7. The van der Waals surface area contributed by atoms with E-state index < -0.39 is 0 Å². The van der Waals surface area contributed by atoms with Gasteiger partial charge in [-0.05, 0) is 54.3 Å². The van der Waals surface area contributed by atoms with Crippen LogP contribution < -0.4 is 15.8 Å². The second-order valence-electron chi connectivity index (χ2n) is 8.16. The number of amides is 1. The van der Waals surface area contributed by atoms with Crippen LogP contribution in [0.1, 0.15) is 22.5 Å². The first-order chi connectivity index (χ1) is 16.5. The number of halogens is 1. The number of pyridine rings is 1. The molecular formula is C26H24ClN3O3S. The van der Waals surface area contributed by atoms with Crippen molar-refractivity contribution in [3.05, 3.63) is 64.5 Å². The summed E-state index contributed by atoms with van der Waals surface area (Å²) in [6, 6.07) is 17.3. The van der Waals surface area contributed by atoms with Gasteiger partial charge in [0, 0.05) is 29.1 Å². The van der Waals surface area contributed by atoms with E-state index in [0.717, 1.165) is 53.0 Å². The lowest BCUT2D eigenvalue weighted by Crippen LogP contribution is -2.31. The Morgan fingerprint density at radius 1 is 1.21 bits per heavy atom. The summed E-state index contributed by atoms with van der Waals surface area (Å²) in [4.78, 5) is 19.1. The van der Waals surface area contributed by atoms with Gasteiger partial charge in [-0.3, -0.25) is 4.79 Å². The number of nitrogen functional groups attached to an aromatic ring is 1. The van der Waals surface area contributed by atoms with E-state index in [1.807, 2.05) is 54.6 Å². The fraction of sp³-hybridized carbons (Fsp3) is 0.231. The van der Waals surface area contributed by atoms with Gasteiger partial charge in [0.15, 0.2) is 0 Å². The summed E-state index contributed by atoms with van der Waals surface area (Å²) in [6.45, 7) is 1.22. The van der Waals surface area contributed by atoms with Gasteiger partial charge in [-0.1, -0.05) is 35.9 Å². The lowest BCUT2D eigenvalue weighted by atomic mass is 9.99. The van der Waals surface area contributed by atoms with E-state index in [1.54, 1.807) is 7.11 Å². The standard InChI is InChI=1S/C26H24ClN3O3S/c1-32-18-10-6-15(7-11-18)20-13-21(16-4-8-17(27)9-5-16)30-26-22(20)23(28)24(34-26)25(31)29-14-19-3-2-12-33-19/h4-11,13,19H,2-3,12,14,28H2,1H3,(H,29,31)/t19-/m1/s1. The highest BCUT2D eigenvalue weighted by molar-refractivity contribution is 7.21. The molecule has 0 aliphatic carbocycles. The van der Waals surface area contributed by atoms with Gasteiger partial charge in [0.25, 0.3) is 5.91 Å². The summed E-state index contributed by atoms with van der Waals surface area (Å²) in [7, 11) is 1.64. The summed E-state index contributed by atoms with van der Waals surface area (Å²) in [5.41, 5.74) is 10.6. The maximum atomic E-state index is 13.0. The van der Waals surface area contributed by atoms with E-state index in [4.69, 9.17) is 31.8 Å². The molecular weight excluding hydrogens is 470 g/mol. The van der Waals surface area contributed by atoms with Crippen molar-refractivity contribution < 1.29 is 14.3 Å². The van der Waals surface area contributed by atoms with Crippen molar-refractivity contribution >= 4 is 44.7 Å². The number of fused-ring (bicyclic) bond motifs is 1. The summed E-state index contributed by atoms with van der Waals surface area (Å²) in [6.07, 6.45) is 2.04. The van der Waals surface area contributed by atoms with Gasteiger partial charge in [-0.2, -0.15) is 0 Å². The molecule has 2 aromatic carbocycles. The number of thiophene rings is 1. The third kappa shape index (κ3) is 4.46. The van der Waals surface area contributed by atoms with E-state index in [0.29, 0.717) is 27.0 Å². The number of aromatic nitrogens is 1. The minimum atomic E-state index is -0.204. The lowest BCUT2D eigenvalue weighted by Gasteiger charge is -2.11. The monoisotopic (exact) mass is 493 g/mol. The van der Waals surface area contributed by atoms with Crippen molar-refractivity contribution in [1.82, 2.24) is 10.3 Å². The minimum Gasteiger partial charge on any atom is -0.497 e. The van der Waals surface area contributed by atoms with Crippen LogP contribution in [0.4, 0.5) is 5.69 Å². The number of rotatable bonds is 6. The van der Waals surface area contributed by atoms with Gasteiger partial charge in [-0.15, -0.1) is 11.3 Å². The molecule has 0 bridgehead atoms. The molecule has 3 heterocycles. The predicted molar refractivity (Wildman–Crippen MR) is 138 cm³/mol. The van der Waals surface area contributed by atoms with Crippen molar-refractivity contribution in [3.63, 3.8) is 0 Å². The number of hydrogen-bond donors (Lipinski definition) is 2. The molecule has 0 saturated carbocycles. The van der Waals surface area contributed by atoms with Crippen molar-refractivity contribution in [2.24, 2.45) is 0 Å². The van der Waals surface area contributed by atoms with Crippen molar-refractivity contribution in [2.45, 2.75) is 18.9 Å². The molecule has 0 unspecified atom stereocenters. The van der Waals surface area contributed by atoms with Gasteiger partial charge in [0.1, 0.15) is 15.5 Å². The molecule has 6 nitrogen and oxygen atoms in total. The van der Waals surface area contributed by atoms with E-state index in [9.17, 15) is 4.79 Å². The van der Waals surface area contributed by atoms with Gasteiger partial charge >= 0.3 is 0 Å². The van der Waals surface area contributed by atoms with Crippen molar-refractivity contribution in [2.75, 3.05) is 26.0 Å². The van der Waals surface area contributed by atoms with Crippen molar-refractivity contribution in [1.29, 1.82) is 0 Å². The van der Waals surface area contributed by atoms with Crippen molar-refractivity contribution in [3.8, 4) is 28.1 Å². The van der Waals surface area contributed by atoms with Crippen LogP contribution in [0.25, 0.3) is 32.6 Å². The summed E-state index contributed by atoms with van der Waals surface area (Å²) in [5, 5.41) is 4.41. The normalized spacial score (nSPS) is 15.5. The minimum absolute atomic E-state index is 0.0593. The fourth-order valence-corrected chi connectivity index (χ4v) is 5.31. The maximum absolute atomic E-state index is 13.0. The number of methoxy groups -OCH3 is 1. The Kier molecular flexibility index (Phi) is 6.41. The Morgan fingerprint density at radius 3 is 2.62 bits per heavy atom. The SMILES string of the molecule is COc1ccc(-c2cc(-c3ccc(Cl)cc3)nc3sc(C(=O)NC[C@H]4CCCO4)c(N)c23)cc1. The molecule has 1 amide bonds. The zero-order chi connectivity index (χ0) is 23.7. The quantitative estimate of drug-likeness (QED) is 0.355. The molecule has 0 spiro atoms. The number of anilines is 1. The van der Waals surface area contributed by atoms with E-state index in [2.05, 4.69) is 5.32 Å². The average molecular weight is 494 g/mol. The smallest absolute Gasteiger partial charge is 0.263 e. The zero-order valence-electron chi connectivity index (χ0n) is 18.6. The number of ether oxygens (including phenoxy) is 2. The molecule has 1 atom stereocenters. The van der Waals surface area contributed by atoms with Gasteiger partial charge in [0.05, 0.1) is 24.6 Å². The van der Waals surface area contributed by atoms with Crippen LogP contribution in [0.15, 0.2) is 54.6 Å². The molecule has 8 heteroatoms. The highest BCUT2D eigenvalue weighted by Crippen LogP contribution is 2.41. The van der Waals surface area contributed by atoms with Gasteiger partial charge in [-0.25, -0.2) is 4.98 Å². The molecule has 174 valence electrons. The number of benzene rings is 2. The largest absolute Gasteiger partial charge is 0.497 e. The second-order valence-corrected chi connectivity index (χ2v) is 9.60. The molecule has 1 saturated heterocycles. The summed E-state index contributed by atoms with van der Waals surface area (Å²) >= 11 is 7.39. The lowest BCUT2D eigenvalue weighted by molar-refractivity contribution is 0.0862.